The largest absolute Gasteiger partial charge is 0.492 e. The number of aromatic nitrogens is 6. The molecule has 8 rings (SSSR count). The van der Waals surface area contributed by atoms with Crippen LogP contribution in [0.25, 0.3) is 22.5 Å². The van der Waals surface area contributed by atoms with Gasteiger partial charge in [0.1, 0.15) is 28.7 Å². The SMILES string of the molecule is Cn1cc(-c2cc(Oc3cccc(N)c3)ccn2)cn1.Cn1cc(-c2cc(Oc3cccc(NC(=O)c4cccc5c4OCC5)c3)ccn2)cn1. The van der Waals surface area contributed by atoms with E-state index in [1.54, 1.807) is 58.4 Å². The molecule has 3 N–H and O–H groups in total. The molecule has 0 saturated carbocycles. The van der Waals surface area contributed by atoms with Gasteiger partial charge in [0.2, 0.25) is 0 Å². The fraction of sp³-hybridized carbons (Fsp3) is 0.103. The Labute approximate surface area is 294 Å². The van der Waals surface area contributed by atoms with Gasteiger partial charge in [-0.15, -0.1) is 0 Å². The van der Waals surface area contributed by atoms with Crippen LogP contribution in [0.1, 0.15) is 15.9 Å². The van der Waals surface area contributed by atoms with Crippen LogP contribution in [-0.4, -0.2) is 42.0 Å². The smallest absolute Gasteiger partial charge is 0.259 e. The van der Waals surface area contributed by atoms with Crippen LogP contribution in [0, 0.1) is 0 Å². The number of aryl methyl sites for hydroxylation is 2. The van der Waals surface area contributed by atoms with Gasteiger partial charge in [-0.1, -0.05) is 24.3 Å². The zero-order valence-electron chi connectivity index (χ0n) is 27.9. The summed E-state index contributed by atoms with van der Waals surface area (Å²) in [4.78, 5) is 21.5. The second kappa shape index (κ2) is 14.7. The Morgan fingerprint density at radius 1 is 0.745 bits per heavy atom. The lowest BCUT2D eigenvalue weighted by atomic mass is 10.1. The monoisotopic (exact) mass is 678 g/mol. The highest BCUT2D eigenvalue weighted by Gasteiger charge is 2.20. The quantitative estimate of drug-likeness (QED) is 0.158. The number of pyridine rings is 2. The van der Waals surface area contributed by atoms with E-state index in [0.29, 0.717) is 52.3 Å². The number of anilines is 2. The Morgan fingerprint density at radius 2 is 1.33 bits per heavy atom. The Hall–Kier alpha value is -6.95. The molecule has 0 unspecified atom stereocenters. The third-order valence-electron chi connectivity index (χ3n) is 7.84. The number of carbonyl (C=O) groups excluding carboxylic acids is 1. The van der Waals surface area contributed by atoms with Crippen LogP contribution >= 0.6 is 0 Å². The van der Waals surface area contributed by atoms with Gasteiger partial charge >= 0.3 is 0 Å². The van der Waals surface area contributed by atoms with Crippen molar-refractivity contribution in [2.75, 3.05) is 17.7 Å². The second-order valence-corrected chi connectivity index (χ2v) is 11.7. The van der Waals surface area contributed by atoms with Gasteiger partial charge in [-0.3, -0.25) is 24.1 Å². The molecular weight excluding hydrogens is 644 g/mol. The average Bonchev–Trinajstić information content (AvgIpc) is 3.90. The first kappa shape index (κ1) is 32.6. The standard InChI is InChI=1S/C24H20N4O3.C15H14N4O/c1-28-15-17(14-26-28)22-13-20(8-10-25-22)31-19-6-3-5-18(12-19)27-24(29)21-7-2-4-16-9-11-30-23(16)21;1-19-10-11(9-18-19)15-8-14(5-6-17-15)20-13-4-2-3-12(16)7-13/h2-8,10,12-15H,9,11H2,1H3,(H,27,29);2-10H,16H2,1H3. The number of amides is 1. The molecule has 1 aliphatic rings. The van der Waals surface area contributed by atoms with Crippen LogP contribution in [0.2, 0.25) is 0 Å². The summed E-state index contributed by atoms with van der Waals surface area (Å²) < 4.78 is 20.9. The summed E-state index contributed by atoms with van der Waals surface area (Å²) >= 11 is 0. The number of hydrogen-bond acceptors (Lipinski definition) is 9. The first-order valence-electron chi connectivity index (χ1n) is 16.1. The number of benzene rings is 3. The summed E-state index contributed by atoms with van der Waals surface area (Å²) in [6.07, 6.45) is 11.6. The molecule has 1 amide bonds. The van der Waals surface area contributed by atoms with Gasteiger partial charge in [0.25, 0.3) is 5.91 Å². The zero-order chi connectivity index (χ0) is 35.2. The number of ether oxygens (including phenoxy) is 3. The maximum Gasteiger partial charge on any atom is 0.259 e. The second-order valence-electron chi connectivity index (χ2n) is 11.7. The predicted molar refractivity (Wildman–Crippen MR) is 194 cm³/mol. The summed E-state index contributed by atoms with van der Waals surface area (Å²) in [6.45, 7) is 0.607. The fourth-order valence-electron chi connectivity index (χ4n) is 5.45. The molecule has 3 aromatic carbocycles. The van der Waals surface area contributed by atoms with Crippen molar-refractivity contribution in [1.82, 2.24) is 29.5 Å². The molecule has 5 heterocycles. The summed E-state index contributed by atoms with van der Waals surface area (Å²) in [7, 11) is 3.73. The molecule has 7 aromatic rings. The molecule has 12 heteroatoms. The topological polar surface area (TPSA) is 144 Å². The van der Waals surface area contributed by atoms with E-state index >= 15 is 0 Å². The molecule has 0 bridgehead atoms. The van der Waals surface area contributed by atoms with Gasteiger partial charge in [-0.05, 0) is 48.0 Å². The summed E-state index contributed by atoms with van der Waals surface area (Å²) in [5, 5.41) is 11.2. The van der Waals surface area contributed by atoms with E-state index < -0.39 is 0 Å². The van der Waals surface area contributed by atoms with Gasteiger partial charge in [0, 0.05) is 92.1 Å². The molecule has 0 atom stereocenters. The van der Waals surface area contributed by atoms with Crippen molar-refractivity contribution >= 4 is 17.3 Å². The Bertz CT molecular complexity index is 2310. The number of nitrogens with two attached hydrogens (primary N) is 1. The van der Waals surface area contributed by atoms with Crippen molar-refractivity contribution in [2.24, 2.45) is 14.1 Å². The lowest BCUT2D eigenvalue weighted by molar-refractivity contribution is 0.102. The van der Waals surface area contributed by atoms with Gasteiger partial charge < -0.3 is 25.3 Å². The van der Waals surface area contributed by atoms with Crippen molar-refractivity contribution in [3.8, 4) is 51.3 Å². The van der Waals surface area contributed by atoms with Crippen molar-refractivity contribution in [3.05, 3.63) is 139 Å². The molecule has 0 radical (unpaired) electrons. The molecule has 0 spiro atoms. The van der Waals surface area contributed by atoms with E-state index in [0.717, 1.165) is 34.5 Å². The van der Waals surface area contributed by atoms with E-state index in [-0.39, 0.29) is 5.91 Å². The van der Waals surface area contributed by atoms with E-state index in [2.05, 4.69) is 25.5 Å². The number of fused-ring (bicyclic) bond motifs is 1. The summed E-state index contributed by atoms with van der Waals surface area (Å²) in [5.41, 5.74) is 12.1. The molecule has 51 heavy (non-hydrogen) atoms. The van der Waals surface area contributed by atoms with Gasteiger partial charge in [0.15, 0.2) is 0 Å². The predicted octanol–water partition coefficient (Wildman–Crippen LogP) is 7.32. The maximum atomic E-state index is 12.8. The van der Waals surface area contributed by atoms with Crippen molar-refractivity contribution < 1.29 is 19.0 Å². The van der Waals surface area contributed by atoms with Crippen molar-refractivity contribution in [3.63, 3.8) is 0 Å². The third-order valence-corrected chi connectivity index (χ3v) is 7.84. The van der Waals surface area contributed by atoms with Gasteiger partial charge in [-0.2, -0.15) is 10.2 Å². The fourth-order valence-corrected chi connectivity index (χ4v) is 5.45. The normalized spacial score (nSPS) is 11.5. The van der Waals surface area contributed by atoms with Crippen molar-refractivity contribution in [1.29, 1.82) is 0 Å². The van der Waals surface area contributed by atoms with Crippen LogP contribution in [0.4, 0.5) is 11.4 Å². The molecule has 1 aliphatic heterocycles. The maximum absolute atomic E-state index is 12.8. The first-order chi connectivity index (χ1) is 24.9. The minimum absolute atomic E-state index is 0.210. The van der Waals surface area contributed by atoms with Crippen LogP contribution in [0.5, 0.6) is 28.7 Å². The molecule has 0 aliphatic carbocycles. The van der Waals surface area contributed by atoms with E-state index in [1.807, 2.05) is 93.2 Å². The highest BCUT2D eigenvalue weighted by Crippen LogP contribution is 2.31. The highest BCUT2D eigenvalue weighted by molar-refractivity contribution is 6.06. The lowest BCUT2D eigenvalue weighted by Gasteiger charge is -2.11. The number of carbonyl (C=O) groups is 1. The van der Waals surface area contributed by atoms with Crippen LogP contribution in [0.15, 0.2) is 128 Å². The third kappa shape index (κ3) is 8.03. The number of nitrogens with one attached hydrogen (secondary N) is 1. The average molecular weight is 679 g/mol. The molecule has 4 aromatic heterocycles. The van der Waals surface area contributed by atoms with Gasteiger partial charge in [-0.25, -0.2) is 0 Å². The van der Waals surface area contributed by atoms with Gasteiger partial charge in [0.05, 0.1) is 36.0 Å². The van der Waals surface area contributed by atoms with Crippen LogP contribution < -0.4 is 25.3 Å². The molecule has 12 nitrogen and oxygen atoms in total. The van der Waals surface area contributed by atoms with Crippen LogP contribution in [0.3, 0.4) is 0 Å². The zero-order valence-corrected chi connectivity index (χ0v) is 27.9. The lowest BCUT2D eigenvalue weighted by Crippen LogP contribution is -2.13. The molecule has 0 saturated heterocycles. The molecule has 254 valence electrons. The summed E-state index contributed by atoms with van der Waals surface area (Å²) in [5.74, 6) is 3.13. The van der Waals surface area contributed by atoms with E-state index in [4.69, 9.17) is 19.9 Å². The molecule has 0 fully saturated rings. The minimum atomic E-state index is -0.210. The van der Waals surface area contributed by atoms with E-state index in [1.165, 1.54) is 0 Å². The van der Waals surface area contributed by atoms with E-state index in [9.17, 15) is 4.79 Å². The Balaban J connectivity index is 0.000000175. The minimum Gasteiger partial charge on any atom is -0.492 e. The number of para-hydroxylation sites is 1. The first-order valence-corrected chi connectivity index (χ1v) is 16.1. The summed E-state index contributed by atoms with van der Waals surface area (Å²) in [6, 6.07) is 27.6. The highest BCUT2D eigenvalue weighted by atomic mass is 16.5. The number of nitrogen functional groups attached to an aromatic ring is 1. The Kier molecular flexibility index (Phi) is 9.37. The number of rotatable bonds is 8. The van der Waals surface area contributed by atoms with Crippen molar-refractivity contribution in [2.45, 2.75) is 6.42 Å². The number of hydrogen-bond donors (Lipinski definition) is 2. The molecular formula is C39H34N8O4. The Morgan fingerprint density at radius 3 is 1.94 bits per heavy atom. The van der Waals surface area contributed by atoms with Crippen LogP contribution in [-0.2, 0) is 20.5 Å². The number of nitrogens with zero attached hydrogens (tertiary/aromatic N) is 6.